The Balaban J connectivity index is 2.22. The largest absolute Gasteiger partial charge is 0.495 e. The molecule has 6 heteroatoms. The van der Waals surface area contributed by atoms with Crippen molar-refractivity contribution in [1.82, 2.24) is 4.98 Å². The second-order valence-electron chi connectivity index (χ2n) is 4.51. The summed E-state index contributed by atoms with van der Waals surface area (Å²) in [4.78, 5) is 4.02. The fourth-order valence-electron chi connectivity index (χ4n) is 2.02. The van der Waals surface area contributed by atoms with Gasteiger partial charge in [0.05, 0.1) is 12.7 Å². The van der Waals surface area contributed by atoms with Gasteiger partial charge in [0.15, 0.2) is 0 Å². The normalized spacial score (nSPS) is 13.0. The molecular weight excluding hydrogens is 283 g/mol. The lowest BCUT2D eigenvalue weighted by molar-refractivity contribution is -0.137. The van der Waals surface area contributed by atoms with Crippen LogP contribution in [0.4, 0.5) is 13.2 Å². The van der Waals surface area contributed by atoms with E-state index >= 15 is 0 Å². The van der Waals surface area contributed by atoms with Crippen molar-refractivity contribution in [1.29, 1.82) is 0 Å². The third-order valence-corrected chi connectivity index (χ3v) is 3.02. The number of aliphatic hydroxyl groups excluding tert-OH is 1. The van der Waals surface area contributed by atoms with Crippen molar-refractivity contribution in [2.24, 2.45) is 0 Å². The van der Waals surface area contributed by atoms with Crippen LogP contribution in [-0.2, 0) is 12.6 Å². The van der Waals surface area contributed by atoms with Crippen molar-refractivity contribution >= 4 is 0 Å². The molecule has 1 atom stereocenters. The Hall–Kier alpha value is -2.08. The Morgan fingerprint density at radius 1 is 1.24 bits per heavy atom. The molecular formula is C15H14F3NO2. The van der Waals surface area contributed by atoms with E-state index in [2.05, 4.69) is 4.98 Å². The Labute approximate surface area is 120 Å². The SMILES string of the molecule is COc1cccnc1C(O)Cc1cccc(C(F)(F)F)c1. The molecule has 0 spiro atoms. The minimum atomic E-state index is -4.40. The predicted molar refractivity (Wildman–Crippen MR) is 70.9 cm³/mol. The Morgan fingerprint density at radius 2 is 2.00 bits per heavy atom. The summed E-state index contributed by atoms with van der Waals surface area (Å²) in [5, 5.41) is 10.2. The number of rotatable bonds is 4. The fraction of sp³-hybridized carbons (Fsp3) is 0.267. The Kier molecular flexibility index (Phi) is 4.47. The maximum atomic E-state index is 12.7. The Morgan fingerprint density at radius 3 is 2.67 bits per heavy atom. The van der Waals surface area contributed by atoms with Gasteiger partial charge in [0.2, 0.25) is 0 Å². The van der Waals surface area contributed by atoms with Gasteiger partial charge < -0.3 is 9.84 Å². The van der Waals surface area contributed by atoms with Crippen molar-refractivity contribution in [2.45, 2.75) is 18.7 Å². The molecule has 1 unspecified atom stereocenters. The minimum absolute atomic E-state index is 0.0251. The highest BCUT2D eigenvalue weighted by atomic mass is 19.4. The molecule has 1 N–H and O–H groups in total. The van der Waals surface area contributed by atoms with E-state index in [-0.39, 0.29) is 6.42 Å². The van der Waals surface area contributed by atoms with Crippen LogP contribution in [0, 0.1) is 0 Å². The summed E-state index contributed by atoms with van der Waals surface area (Å²) >= 11 is 0. The number of ether oxygens (including phenoxy) is 1. The summed E-state index contributed by atoms with van der Waals surface area (Å²) in [5.41, 5.74) is -0.0531. The van der Waals surface area contributed by atoms with Crippen molar-refractivity contribution < 1.29 is 23.0 Å². The number of aliphatic hydroxyl groups is 1. The van der Waals surface area contributed by atoms with Crippen LogP contribution in [0.2, 0.25) is 0 Å². The number of benzene rings is 1. The molecule has 0 saturated heterocycles. The van der Waals surface area contributed by atoms with Crippen LogP contribution < -0.4 is 4.74 Å². The van der Waals surface area contributed by atoms with E-state index in [1.54, 1.807) is 12.1 Å². The first-order chi connectivity index (χ1) is 9.91. The summed E-state index contributed by atoms with van der Waals surface area (Å²) < 4.78 is 43.0. The van der Waals surface area contributed by atoms with E-state index in [0.29, 0.717) is 17.0 Å². The number of alkyl halides is 3. The zero-order chi connectivity index (χ0) is 15.5. The number of hydrogen-bond donors (Lipinski definition) is 1. The van der Waals surface area contributed by atoms with Crippen LogP contribution in [0.5, 0.6) is 5.75 Å². The van der Waals surface area contributed by atoms with Crippen molar-refractivity contribution in [3.05, 3.63) is 59.4 Å². The van der Waals surface area contributed by atoms with Crippen LogP contribution in [0.25, 0.3) is 0 Å². The number of methoxy groups -OCH3 is 1. The second kappa shape index (κ2) is 6.13. The number of aromatic nitrogens is 1. The topological polar surface area (TPSA) is 42.4 Å². The lowest BCUT2D eigenvalue weighted by Gasteiger charge is -2.14. The first-order valence-electron chi connectivity index (χ1n) is 6.25. The number of pyridine rings is 1. The van der Waals surface area contributed by atoms with E-state index in [1.807, 2.05) is 0 Å². The number of halogens is 3. The summed E-state index contributed by atoms with van der Waals surface area (Å²) in [6.07, 6.45) is -3.92. The van der Waals surface area contributed by atoms with Crippen LogP contribution in [-0.4, -0.2) is 17.2 Å². The maximum Gasteiger partial charge on any atom is 0.416 e. The quantitative estimate of drug-likeness (QED) is 0.940. The smallest absolute Gasteiger partial charge is 0.416 e. The third-order valence-electron chi connectivity index (χ3n) is 3.02. The molecule has 0 aliphatic heterocycles. The standard InChI is InChI=1S/C15H14F3NO2/c1-21-13-6-3-7-19-14(13)12(20)9-10-4-2-5-11(8-10)15(16,17)18/h2-8,12,20H,9H2,1H3. The molecule has 1 heterocycles. The maximum absolute atomic E-state index is 12.7. The van der Waals surface area contributed by atoms with Gasteiger partial charge in [0.25, 0.3) is 0 Å². The van der Waals surface area contributed by atoms with E-state index in [0.717, 1.165) is 12.1 Å². The molecule has 112 valence electrons. The molecule has 2 rings (SSSR count). The minimum Gasteiger partial charge on any atom is -0.495 e. The van der Waals surface area contributed by atoms with Crippen molar-refractivity contribution in [3.8, 4) is 5.75 Å². The predicted octanol–water partition coefficient (Wildman–Crippen LogP) is 3.39. The van der Waals surface area contributed by atoms with Crippen LogP contribution in [0.1, 0.15) is 22.9 Å². The van der Waals surface area contributed by atoms with E-state index in [9.17, 15) is 18.3 Å². The van der Waals surface area contributed by atoms with E-state index < -0.39 is 17.8 Å². The lowest BCUT2D eigenvalue weighted by atomic mass is 10.0. The molecule has 0 radical (unpaired) electrons. The first kappa shape index (κ1) is 15.3. The number of hydrogen-bond acceptors (Lipinski definition) is 3. The van der Waals surface area contributed by atoms with E-state index in [1.165, 1.54) is 25.4 Å². The van der Waals surface area contributed by atoms with Gasteiger partial charge in [-0.05, 0) is 23.8 Å². The summed E-state index contributed by atoms with van der Waals surface area (Å²) in [6.45, 7) is 0. The van der Waals surface area contributed by atoms with Gasteiger partial charge in [-0.3, -0.25) is 4.98 Å². The monoisotopic (exact) mass is 297 g/mol. The van der Waals surface area contributed by atoms with Gasteiger partial charge in [0.1, 0.15) is 17.5 Å². The van der Waals surface area contributed by atoms with Crippen LogP contribution in [0.15, 0.2) is 42.6 Å². The van der Waals surface area contributed by atoms with Crippen molar-refractivity contribution in [2.75, 3.05) is 7.11 Å². The van der Waals surface area contributed by atoms with Gasteiger partial charge in [-0.15, -0.1) is 0 Å². The summed E-state index contributed by atoms with van der Waals surface area (Å²) in [6, 6.07) is 8.17. The average Bonchev–Trinajstić information content (AvgIpc) is 2.46. The van der Waals surface area contributed by atoms with Gasteiger partial charge in [0, 0.05) is 12.6 Å². The molecule has 21 heavy (non-hydrogen) atoms. The molecule has 0 amide bonds. The molecule has 1 aromatic heterocycles. The molecule has 0 fully saturated rings. The molecule has 3 nitrogen and oxygen atoms in total. The second-order valence-corrected chi connectivity index (χ2v) is 4.51. The highest BCUT2D eigenvalue weighted by Crippen LogP contribution is 2.31. The third kappa shape index (κ3) is 3.72. The molecule has 2 aromatic rings. The first-order valence-corrected chi connectivity index (χ1v) is 6.25. The van der Waals surface area contributed by atoms with Crippen LogP contribution >= 0.6 is 0 Å². The highest BCUT2D eigenvalue weighted by Gasteiger charge is 2.30. The van der Waals surface area contributed by atoms with Gasteiger partial charge >= 0.3 is 6.18 Å². The van der Waals surface area contributed by atoms with E-state index in [4.69, 9.17) is 4.74 Å². The number of nitrogens with zero attached hydrogens (tertiary/aromatic N) is 1. The highest BCUT2D eigenvalue weighted by molar-refractivity contribution is 5.31. The Bertz CT molecular complexity index is 614. The summed E-state index contributed by atoms with van der Waals surface area (Å²) in [5.74, 6) is 0.400. The van der Waals surface area contributed by atoms with Crippen LogP contribution in [0.3, 0.4) is 0 Å². The fourth-order valence-corrected chi connectivity index (χ4v) is 2.02. The molecule has 0 saturated carbocycles. The summed E-state index contributed by atoms with van der Waals surface area (Å²) in [7, 11) is 1.44. The van der Waals surface area contributed by atoms with Crippen molar-refractivity contribution in [3.63, 3.8) is 0 Å². The zero-order valence-corrected chi connectivity index (χ0v) is 11.3. The van der Waals surface area contributed by atoms with Gasteiger partial charge in [-0.1, -0.05) is 18.2 Å². The molecule has 0 bridgehead atoms. The molecule has 1 aromatic carbocycles. The zero-order valence-electron chi connectivity index (χ0n) is 11.3. The average molecular weight is 297 g/mol. The van der Waals surface area contributed by atoms with Gasteiger partial charge in [-0.25, -0.2) is 0 Å². The molecule has 0 aliphatic rings. The molecule has 0 aliphatic carbocycles. The van der Waals surface area contributed by atoms with Gasteiger partial charge in [-0.2, -0.15) is 13.2 Å². The lowest BCUT2D eigenvalue weighted by Crippen LogP contribution is -2.09.